The van der Waals surface area contributed by atoms with Gasteiger partial charge in [-0.05, 0) is 36.6 Å². The van der Waals surface area contributed by atoms with Gasteiger partial charge in [0, 0.05) is 29.7 Å². The number of ether oxygens (including phenoxy) is 1. The van der Waals surface area contributed by atoms with Crippen molar-refractivity contribution < 1.29 is 9.84 Å². The Morgan fingerprint density at radius 2 is 2.11 bits per heavy atom. The van der Waals surface area contributed by atoms with Gasteiger partial charge in [-0.15, -0.1) is 0 Å². The number of nitrogens with one attached hydrogen (secondary N) is 3. The van der Waals surface area contributed by atoms with Crippen LogP contribution >= 0.6 is 0 Å². The molecule has 142 valence electrons. The Morgan fingerprint density at radius 3 is 2.85 bits per heavy atom. The third kappa shape index (κ3) is 2.73. The molecule has 0 fully saturated rings. The molecule has 8 heteroatoms. The summed E-state index contributed by atoms with van der Waals surface area (Å²) in [5.74, 6) is 0.476. The molecule has 1 aromatic carbocycles. The summed E-state index contributed by atoms with van der Waals surface area (Å²) in [5.41, 5.74) is 1.83. The van der Waals surface area contributed by atoms with Crippen LogP contribution < -0.4 is 21.3 Å². The highest BCUT2D eigenvalue weighted by Gasteiger charge is 2.31. The van der Waals surface area contributed by atoms with Gasteiger partial charge in [-0.2, -0.15) is 0 Å². The largest absolute Gasteiger partial charge is 0.497 e. The van der Waals surface area contributed by atoms with Crippen LogP contribution in [0.2, 0.25) is 0 Å². The van der Waals surface area contributed by atoms with E-state index in [1.165, 1.54) is 4.57 Å². The Labute approximate surface area is 154 Å². The second-order valence-electron chi connectivity index (χ2n) is 6.71. The van der Waals surface area contributed by atoms with Gasteiger partial charge >= 0.3 is 5.69 Å². The predicted octanol–water partition coefficient (Wildman–Crippen LogP) is 1.38. The number of aromatic amines is 2. The molecule has 4 N–H and O–H groups in total. The van der Waals surface area contributed by atoms with Crippen LogP contribution in [0.5, 0.6) is 11.6 Å². The Hall–Kier alpha value is -3.00. The lowest BCUT2D eigenvalue weighted by molar-refractivity contribution is 0.381. The van der Waals surface area contributed by atoms with Crippen LogP contribution in [-0.2, 0) is 13.0 Å². The molecule has 0 unspecified atom stereocenters. The van der Waals surface area contributed by atoms with Crippen molar-refractivity contribution in [1.82, 2.24) is 19.9 Å². The first kappa shape index (κ1) is 17.4. The molecule has 1 aliphatic rings. The average Bonchev–Trinajstić information content (AvgIpc) is 3.03. The standard InChI is InChI=1S/C19H22N4O4/c1-3-8-23-18(25)14(17(24)22-19(23)26)16-15-11(6-7-20-16)12-9-10(27-2)4-5-13(12)21-15/h4-5,9,16,20-21,25H,3,6-8H2,1-2H3,(H,22,24,26)/t16-/m1/s1. The summed E-state index contributed by atoms with van der Waals surface area (Å²) in [5, 5.41) is 15.0. The molecule has 8 nitrogen and oxygen atoms in total. The minimum absolute atomic E-state index is 0.155. The van der Waals surface area contributed by atoms with E-state index < -0.39 is 17.3 Å². The molecule has 1 atom stereocenters. The summed E-state index contributed by atoms with van der Waals surface area (Å²) in [6.45, 7) is 2.88. The van der Waals surface area contributed by atoms with Gasteiger partial charge in [0.15, 0.2) is 0 Å². The molecule has 0 amide bonds. The number of fused-ring (bicyclic) bond motifs is 3. The summed E-state index contributed by atoms with van der Waals surface area (Å²) in [6, 6.07) is 5.25. The first-order valence-electron chi connectivity index (χ1n) is 9.03. The number of methoxy groups -OCH3 is 1. The van der Waals surface area contributed by atoms with E-state index in [2.05, 4.69) is 15.3 Å². The SMILES string of the molecule is CCCn1c(O)c([C@H]2NCCc3c2[nH]c2ccc(OC)cc32)c(=O)[nH]c1=O. The van der Waals surface area contributed by atoms with Gasteiger partial charge in [0.25, 0.3) is 5.56 Å². The molecule has 0 aliphatic carbocycles. The maximum Gasteiger partial charge on any atom is 0.331 e. The lowest BCUT2D eigenvalue weighted by atomic mass is 9.95. The molecule has 3 heterocycles. The molecule has 1 aliphatic heterocycles. The molecule has 0 radical (unpaired) electrons. The van der Waals surface area contributed by atoms with Crippen molar-refractivity contribution in [3.05, 3.63) is 55.9 Å². The molecule has 2 aromatic heterocycles. The Morgan fingerprint density at radius 1 is 1.30 bits per heavy atom. The van der Waals surface area contributed by atoms with Crippen molar-refractivity contribution in [2.75, 3.05) is 13.7 Å². The number of benzene rings is 1. The predicted molar refractivity (Wildman–Crippen MR) is 102 cm³/mol. The summed E-state index contributed by atoms with van der Waals surface area (Å²) >= 11 is 0. The average molecular weight is 370 g/mol. The molecule has 0 saturated heterocycles. The number of aromatic hydroxyl groups is 1. The monoisotopic (exact) mass is 370 g/mol. The first-order valence-corrected chi connectivity index (χ1v) is 9.03. The van der Waals surface area contributed by atoms with E-state index >= 15 is 0 Å². The summed E-state index contributed by atoms with van der Waals surface area (Å²) in [4.78, 5) is 30.3. The fourth-order valence-electron chi connectivity index (χ4n) is 3.85. The zero-order chi connectivity index (χ0) is 19.1. The number of H-pyrrole nitrogens is 2. The lowest BCUT2D eigenvalue weighted by Gasteiger charge is -2.25. The maximum atomic E-state index is 12.5. The van der Waals surface area contributed by atoms with Crippen LogP contribution in [0.15, 0.2) is 27.8 Å². The summed E-state index contributed by atoms with van der Waals surface area (Å²) in [6.07, 6.45) is 1.45. The van der Waals surface area contributed by atoms with Gasteiger partial charge < -0.3 is 20.1 Å². The van der Waals surface area contributed by atoms with Gasteiger partial charge in [0.05, 0.1) is 13.2 Å². The maximum absolute atomic E-state index is 12.5. The second-order valence-corrected chi connectivity index (χ2v) is 6.71. The summed E-state index contributed by atoms with van der Waals surface area (Å²) < 4.78 is 6.53. The number of aromatic nitrogens is 3. The minimum Gasteiger partial charge on any atom is -0.497 e. The van der Waals surface area contributed by atoms with E-state index in [0.29, 0.717) is 19.5 Å². The van der Waals surface area contributed by atoms with Crippen molar-refractivity contribution in [1.29, 1.82) is 0 Å². The number of rotatable bonds is 4. The molecule has 27 heavy (non-hydrogen) atoms. The first-order chi connectivity index (χ1) is 13.0. The Kier molecular flexibility index (Phi) is 4.27. The van der Waals surface area contributed by atoms with Crippen LogP contribution in [-0.4, -0.2) is 33.3 Å². The number of hydrogen-bond acceptors (Lipinski definition) is 5. The van der Waals surface area contributed by atoms with Crippen molar-refractivity contribution in [2.45, 2.75) is 32.4 Å². The lowest BCUT2D eigenvalue weighted by Crippen LogP contribution is -2.39. The van der Waals surface area contributed by atoms with Crippen LogP contribution in [0.25, 0.3) is 10.9 Å². The normalized spacial score (nSPS) is 16.4. The van der Waals surface area contributed by atoms with Crippen LogP contribution in [0, 0.1) is 0 Å². The van der Waals surface area contributed by atoms with Crippen molar-refractivity contribution in [3.63, 3.8) is 0 Å². The van der Waals surface area contributed by atoms with E-state index in [0.717, 1.165) is 34.3 Å². The Bertz CT molecular complexity index is 1130. The quantitative estimate of drug-likeness (QED) is 0.554. The van der Waals surface area contributed by atoms with E-state index in [1.807, 2.05) is 25.1 Å². The van der Waals surface area contributed by atoms with Crippen molar-refractivity contribution in [2.24, 2.45) is 0 Å². The molecule has 0 bridgehead atoms. The van der Waals surface area contributed by atoms with Crippen molar-refractivity contribution >= 4 is 10.9 Å². The van der Waals surface area contributed by atoms with Crippen LogP contribution in [0.1, 0.15) is 36.2 Å². The third-order valence-electron chi connectivity index (χ3n) is 5.10. The third-order valence-corrected chi connectivity index (χ3v) is 5.10. The van der Waals surface area contributed by atoms with Gasteiger partial charge in [-0.25, -0.2) is 4.79 Å². The van der Waals surface area contributed by atoms with E-state index in [9.17, 15) is 14.7 Å². The van der Waals surface area contributed by atoms with Crippen molar-refractivity contribution in [3.8, 4) is 11.6 Å². The smallest absolute Gasteiger partial charge is 0.331 e. The summed E-state index contributed by atoms with van der Waals surface area (Å²) in [7, 11) is 1.62. The van der Waals surface area contributed by atoms with E-state index in [4.69, 9.17) is 4.74 Å². The molecular weight excluding hydrogens is 348 g/mol. The van der Waals surface area contributed by atoms with E-state index in [1.54, 1.807) is 7.11 Å². The van der Waals surface area contributed by atoms with Crippen LogP contribution in [0.3, 0.4) is 0 Å². The van der Waals surface area contributed by atoms with Gasteiger partial charge in [-0.3, -0.25) is 14.3 Å². The molecule has 4 rings (SSSR count). The van der Waals surface area contributed by atoms with Gasteiger partial charge in [0.1, 0.15) is 11.3 Å². The molecule has 0 spiro atoms. The molecule has 0 saturated carbocycles. The fourth-order valence-corrected chi connectivity index (χ4v) is 3.85. The van der Waals surface area contributed by atoms with E-state index in [-0.39, 0.29) is 11.4 Å². The zero-order valence-corrected chi connectivity index (χ0v) is 15.3. The molecular formula is C19H22N4O4. The van der Waals surface area contributed by atoms with Crippen LogP contribution in [0.4, 0.5) is 0 Å². The zero-order valence-electron chi connectivity index (χ0n) is 15.3. The number of hydrogen-bond donors (Lipinski definition) is 4. The van der Waals surface area contributed by atoms with Gasteiger partial charge in [0.2, 0.25) is 5.88 Å². The fraction of sp³-hybridized carbons (Fsp3) is 0.368. The highest BCUT2D eigenvalue weighted by molar-refractivity contribution is 5.86. The second kappa shape index (κ2) is 6.62. The highest BCUT2D eigenvalue weighted by atomic mass is 16.5. The Balaban J connectivity index is 1.92. The minimum atomic E-state index is -0.597. The highest BCUT2D eigenvalue weighted by Crippen LogP contribution is 2.36. The van der Waals surface area contributed by atoms with Gasteiger partial charge in [-0.1, -0.05) is 6.92 Å². The number of nitrogens with zero attached hydrogens (tertiary/aromatic N) is 1. The topological polar surface area (TPSA) is 112 Å². The molecule has 3 aromatic rings.